The molecule has 1 heteroatoms. The van der Waals surface area contributed by atoms with Crippen molar-refractivity contribution in [3.8, 4) is 5.75 Å². The van der Waals surface area contributed by atoms with E-state index in [1.54, 1.807) is 7.11 Å². The molecule has 128 valence electrons. The first-order valence-corrected chi connectivity index (χ1v) is 9.85. The molecular formula is C22H34O. The second-order valence-electron chi connectivity index (χ2n) is 8.11. The molecule has 3 unspecified atom stereocenters. The number of hydrogen-bond acceptors (Lipinski definition) is 1. The highest BCUT2D eigenvalue weighted by molar-refractivity contribution is 5.29. The average Bonchev–Trinajstić information content (AvgIpc) is 2.62. The molecule has 0 heterocycles. The highest BCUT2D eigenvalue weighted by Crippen LogP contribution is 2.46. The Labute approximate surface area is 142 Å². The lowest BCUT2D eigenvalue weighted by atomic mass is 9.64. The lowest BCUT2D eigenvalue weighted by Gasteiger charge is -2.41. The quantitative estimate of drug-likeness (QED) is 0.622. The molecule has 1 aromatic carbocycles. The third-order valence-electron chi connectivity index (χ3n) is 6.89. The molecule has 0 amide bonds. The van der Waals surface area contributed by atoms with Gasteiger partial charge in [0.1, 0.15) is 5.75 Å². The molecule has 1 aromatic rings. The summed E-state index contributed by atoms with van der Waals surface area (Å²) in [5.74, 6) is 5.73. The van der Waals surface area contributed by atoms with E-state index in [2.05, 4.69) is 38.1 Å². The maximum Gasteiger partial charge on any atom is 0.118 e. The zero-order valence-electron chi connectivity index (χ0n) is 15.3. The Hall–Kier alpha value is -0.980. The van der Waals surface area contributed by atoms with Crippen LogP contribution in [-0.4, -0.2) is 7.11 Å². The zero-order valence-corrected chi connectivity index (χ0v) is 15.3. The van der Waals surface area contributed by atoms with Crippen molar-refractivity contribution in [3.63, 3.8) is 0 Å². The van der Waals surface area contributed by atoms with Gasteiger partial charge in [-0.15, -0.1) is 0 Å². The Morgan fingerprint density at radius 2 is 1.65 bits per heavy atom. The van der Waals surface area contributed by atoms with Gasteiger partial charge in [0.2, 0.25) is 0 Å². The van der Waals surface area contributed by atoms with Crippen molar-refractivity contribution in [1.29, 1.82) is 0 Å². The lowest BCUT2D eigenvalue weighted by Crippen LogP contribution is -2.31. The van der Waals surface area contributed by atoms with Gasteiger partial charge in [-0.25, -0.2) is 0 Å². The first-order valence-electron chi connectivity index (χ1n) is 9.85. The van der Waals surface area contributed by atoms with Gasteiger partial charge in [-0.1, -0.05) is 38.8 Å². The topological polar surface area (TPSA) is 9.23 Å². The van der Waals surface area contributed by atoms with Crippen LogP contribution in [0.1, 0.15) is 76.7 Å². The average molecular weight is 315 g/mol. The van der Waals surface area contributed by atoms with Crippen molar-refractivity contribution in [1.82, 2.24) is 0 Å². The third kappa shape index (κ3) is 3.92. The van der Waals surface area contributed by atoms with Crippen molar-refractivity contribution in [2.24, 2.45) is 23.7 Å². The fourth-order valence-electron chi connectivity index (χ4n) is 5.36. The van der Waals surface area contributed by atoms with Crippen LogP contribution in [0.15, 0.2) is 24.3 Å². The smallest absolute Gasteiger partial charge is 0.118 e. The Morgan fingerprint density at radius 1 is 0.957 bits per heavy atom. The van der Waals surface area contributed by atoms with E-state index in [1.165, 1.54) is 56.9 Å². The normalized spacial score (nSPS) is 35.0. The molecule has 0 bridgehead atoms. The summed E-state index contributed by atoms with van der Waals surface area (Å²) < 4.78 is 5.28. The predicted molar refractivity (Wildman–Crippen MR) is 98.0 cm³/mol. The maximum atomic E-state index is 5.28. The summed E-state index contributed by atoms with van der Waals surface area (Å²) in [6.07, 6.45) is 11.5. The van der Waals surface area contributed by atoms with Crippen molar-refractivity contribution in [3.05, 3.63) is 29.8 Å². The van der Waals surface area contributed by atoms with Gasteiger partial charge >= 0.3 is 0 Å². The number of hydrogen-bond donors (Lipinski definition) is 0. The first-order chi connectivity index (χ1) is 11.2. The van der Waals surface area contributed by atoms with Crippen LogP contribution in [0.3, 0.4) is 0 Å². The summed E-state index contributed by atoms with van der Waals surface area (Å²) in [6, 6.07) is 8.79. The fourth-order valence-corrected chi connectivity index (χ4v) is 5.36. The zero-order chi connectivity index (χ0) is 16.2. The van der Waals surface area contributed by atoms with E-state index in [-0.39, 0.29) is 0 Å². The van der Waals surface area contributed by atoms with E-state index < -0.39 is 0 Å². The van der Waals surface area contributed by atoms with Crippen molar-refractivity contribution >= 4 is 0 Å². The largest absolute Gasteiger partial charge is 0.497 e. The Bertz CT molecular complexity index is 469. The minimum absolute atomic E-state index is 0.777. The summed E-state index contributed by atoms with van der Waals surface area (Å²) >= 11 is 0. The Kier molecular flexibility index (Phi) is 5.67. The van der Waals surface area contributed by atoms with Crippen LogP contribution in [0.4, 0.5) is 0 Å². The van der Waals surface area contributed by atoms with Gasteiger partial charge in [0.05, 0.1) is 7.11 Å². The van der Waals surface area contributed by atoms with Gasteiger partial charge in [0.15, 0.2) is 0 Å². The van der Waals surface area contributed by atoms with Crippen LogP contribution in [-0.2, 0) is 0 Å². The molecule has 3 atom stereocenters. The molecule has 1 nitrogen and oxygen atoms in total. The number of benzene rings is 1. The van der Waals surface area contributed by atoms with Crippen LogP contribution in [0, 0.1) is 23.7 Å². The molecule has 0 aromatic heterocycles. The Morgan fingerprint density at radius 3 is 2.22 bits per heavy atom. The molecule has 2 fully saturated rings. The van der Waals surface area contributed by atoms with Crippen LogP contribution >= 0.6 is 0 Å². The second-order valence-corrected chi connectivity index (χ2v) is 8.11. The van der Waals surface area contributed by atoms with E-state index >= 15 is 0 Å². The van der Waals surface area contributed by atoms with Crippen molar-refractivity contribution in [2.45, 2.75) is 71.1 Å². The Balaban J connectivity index is 1.53. The minimum Gasteiger partial charge on any atom is -0.497 e. The SMILES string of the molecule is CCC1CCC(C2CCC(c3ccc(OC)cc3)CC2)C(C)C1. The predicted octanol–water partition coefficient (Wildman–Crippen LogP) is 6.43. The molecule has 2 aliphatic carbocycles. The van der Waals surface area contributed by atoms with Crippen LogP contribution in [0.25, 0.3) is 0 Å². The molecule has 0 radical (unpaired) electrons. The number of ether oxygens (including phenoxy) is 1. The van der Waals surface area contributed by atoms with E-state index in [4.69, 9.17) is 4.74 Å². The summed E-state index contributed by atoms with van der Waals surface area (Å²) in [4.78, 5) is 0. The molecule has 0 saturated heterocycles. The van der Waals surface area contributed by atoms with E-state index in [0.29, 0.717) is 0 Å². The third-order valence-corrected chi connectivity index (χ3v) is 6.89. The molecule has 2 saturated carbocycles. The van der Waals surface area contributed by atoms with Gasteiger partial charge in [-0.3, -0.25) is 0 Å². The lowest BCUT2D eigenvalue weighted by molar-refractivity contribution is 0.104. The highest BCUT2D eigenvalue weighted by atomic mass is 16.5. The van der Waals surface area contributed by atoms with Crippen LogP contribution in [0.5, 0.6) is 5.75 Å². The first kappa shape index (κ1) is 16.9. The molecule has 3 rings (SSSR count). The van der Waals surface area contributed by atoms with Crippen LogP contribution in [0.2, 0.25) is 0 Å². The summed E-state index contributed by atoms with van der Waals surface area (Å²) in [5.41, 5.74) is 1.52. The van der Waals surface area contributed by atoms with Gasteiger partial charge in [-0.05, 0) is 85.8 Å². The molecule has 0 spiro atoms. The summed E-state index contributed by atoms with van der Waals surface area (Å²) in [5, 5.41) is 0. The highest BCUT2D eigenvalue weighted by Gasteiger charge is 2.34. The maximum absolute atomic E-state index is 5.28. The van der Waals surface area contributed by atoms with Gasteiger partial charge in [0.25, 0.3) is 0 Å². The second kappa shape index (κ2) is 7.73. The minimum atomic E-state index is 0.777. The number of rotatable bonds is 4. The summed E-state index contributed by atoms with van der Waals surface area (Å²) in [7, 11) is 1.74. The van der Waals surface area contributed by atoms with Gasteiger partial charge < -0.3 is 4.74 Å². The van der Waals surface area contributed by atoms with Crippen molar-refractivity contribution < 1.29 is 4.74 Å². The molecule has 0 N–H and O–H groups in total. The summed E-state index contributed by atoms with van der Waals surface area (Å²) in [6.45, 7) is 4.90. The monoisotopic (exact) mass is 314 g/mol. The van der Waals surface area contributed by atoms with E-state index in [0.717, 1.165) is 35.3 Å². The van der Waals surface area contributed by atoms with Gasteiger partial charge in [-0.2, -0.15) is 0 Å². The van der Waals surface area contributed by atoms with Crippen molar-refractivity contribution in [2.75, 3.05) is 7.11 Å². The van der Waals surface area contributed by atoms with E-state index in [1.807, 2.05) is 0 Å². The van der Waals surface area contributed by atoms with Gasteiger partial charge in [0, 0.05) is 0 Å². The van der Waals surface area contributed by atoms with E-state index in [9.17, 15) is 0 Å². The molecule has 0 aliphatic heterocycles. The number of methoxy groups -OCH3 is 1. The molecule has 23 heavy (non-hydrogen) atoms. The molecule has 2 aliphatic rings. The van der Waals surface area contributed by atoms with Crippen LogP contribution < -0.4 is 4.74 Å². The fraction of sp³-hybridized carbons (Fsp3) is 0.727. The standard InChI is InChI=1S/C22H34O/c1-4-17-5-14-22(16(2)15-17)20-8-6-18(7-9-20)19-10-12-21(23-3)13-11-19/h10-13,16-18,20,22H,4-9,14-15H2,1-3H3. The molecular weight excluding hydrogens is 280 g/mol.